The smallest absolute Gasteiger partial charge is 0.241 e. The summed E-state index contributed by atoms with van der Waals surface area (Å²) in [6, 6.07) is 21.5. The first-order chi connectivity index (χ1) is 13.0. The molecule has 0 aliphatic carbocycles. The van der Waals surface area contributed by atoms with Crippen LogP contribution in [-0.2, 0) is 10.0 Å². The molecule has 0 spiro atoms. The van der Waals surface area contributed by atoms with Crippen LogP contribution in [0.4, 0.5) is 4.39 Å². The van der Waals surface area contributed by atoms with Crippen molar-refractivity contribution in [2.45, 2.75) is 17.9 Å². The molecule has 0 aliphatic heterocycles. The van der Waals surface area contributed by atoms with Crippen LogP contribution in [0.1, 0.15) is 24.1 Å². The van der Waals surface area contributed by atoms with Crippen molar-refractivity contribution < 1.29 is 17.5 Å². The molecule has 27 heavy (non-hydrogen) atoms. The van der Waals surface area contributed by atoms with Gasteiger partial charge in [0.2, 0.25) is 10.0 Å². The molecule has 0 saturated heterocycles. The van der Waals surface area contributed by atoms with Gasteiger partial charge in [-0.15, -0.1) is 0 Å². The molecule has 140 valence electrons. The highest BCUT2D eigenvalue weighted by Crippen LogP contribution is 2.26. The molecule has 6 heteroatoms. The van der Waals surface area contributed by atoms with Gasteiger partial charge in [-0.3, -0.25) is 0 Å². The summed E-state index contributed by atoms with van der Waals surface area (Å²) in [5.74, 6) is -0.685. The van der Waals surface area contributed by atoms with Gasteiger partial charge in [0.25, 0.3) is 0 Å². The maximum absolute atomic E-state index is 13.8. The summed E-state index contributed by atoms with van der Waals surface area (Å²) in [4.78, 5) is -0.0517. The Kier molecular flexibility index (Phi) is 5.88. The molecule has 0 radical (unpaired) electrons. The number of benzene rings is 3. The van der Waals surface area contributed by atoms with Gasteiger partial charge in [-0.2, -0.15) is 4.72 Å². The molecule has 3 rings (SSSR count). The molecule has 0 unspecified atom stereocenters. The zero-order valence-electron chi connectivity index (χ0n) is 14.8. The van der Waals surface area contributed by atoms with Gasteiger partial charge in [0.05, 0.1) is 17.5 Å². The Morgan fingerprint density at radius 1 is 0.926 bits per heavy atom. The molecule has 1 N–H and O–H groups in total. The van der Waals surface area contributed by atoms with Gasteiger partial charge in [-0.05, 0) is 30.2 Å². The van der Waals surface area contributed by atoms with Crippen molar-refractivity contribution in [3.05, 3.63) is 95.8 Å². The van der Waals surface area contributed by atoms with E-state index in [4.69, 9.17) is 4.74 Å². The van der Waals surface area contributed by atoms with Crippen LogP contribution in [0, 0.1) is 5.82 Å². The zero-order valence-corrected chi connectivity index (χ0v) is 15.6. The maximum atomic E-state index is 13.8. The highest BCUT2D eigenvalue weighted by atomic mass is 32.2. The highest BCUT2D eigenvalue weighted by molar-refractivity contribution is 7.89. The third kappa shape index (κ3) is 4.53. The average Bonchev–Trinajstić information content (AvgIpc) is 2.69. The minimum Gasteiger partial charge on any atom is -0.491 e. The lowest BCUT2D eigenvalue weighted by molar-refractivity contribution is 0.320. The lowest BCUT2D eigenvalue weighted by Gasteiger charge is -2.20. The average molecular weight is 385 g/mol. The van der Waals surface area contributed by atoms with Gasteiger partial charge >= 0.3 is 0 Å². The second-order valence-corrected chi connectivity index (χ2v) is 7.61. The van der Waals surface area contributed by atoms with E-state index in [1.54, 1.807) is 6.92 Å². The Morgan fingerprint density at radius 2 is 1.48 bits per heavy atom. The molecular formula is C21H20FNO3S. The van der Waals surface area contributed by atoms with Crippen LogP contribution in [0.5, 0.6) is 5.75 Å². The van der Waals surface area contributed by atoms with E-state index in [0.29, 0.717) is 0 Å². The molecule has 0 saturated carbocycles. The minimum absolute atomic E-state index is 0.0517. The van der Waals surface area contributed by atoms with Crippen LogP contribution in [0.25, 0.3) is 0 Å². The third-order valence-electron chi connectivity index (χ3n) is 4.05. The molecule has 0 aliphatic rings. The van der Waals surface area contributed by atoms with Crippen molar-refractivity contribution in [2.75, 3.05) is 6.61 Å². The number of sulfonamides is 1. The maximum Gasteiger partial charge on any atom is 0.241 e. The molecule has 3 aromatic carbocycles. The van der Waals surface area contributed by atoms with Crippen LogP contribution in [0.3, 0.4) is 0 Å². The van der Waals surface area contributed by atoms with Crippen molar-refractivity contribution in [1.82, 2.24) is 4.72 Å². The summed E-state index contributed by atoms with van der Waals surface area (Å²) in [7, 11) is -3.91. The van der Waals surface area contributed by atoms with Gasteiger partial charge in [-0.1, -0.05) is 60.7 Å². The fraction of sp³-hybridized carbons (Fsp3) is 0.143. The number of ether oxygens (including phenoxy) is 1. The number of rotatable bonds is 7. The Hall–Kier alpha value is -2.70. The monoisotopic (exact) mass is 385 g/mol. The molecule has 0 amide bonds. The summed E-state index contributed by atoms with van der Waals surface area (Å²) in [6.45, 7) is 1.95. The zero-order chi connectivity index (χ0) is 19.3. The van der Waals surface area contributed by atoms with Crippen molar-refractivity contribution in [2.24, 2.45) is 0 Å². The predicted octanol–water partition coefficient (Wildman–Crippen LogP) is 4.29. The van der Waals surface area contributed by atoms with E-state index in [-0.39, 0.29) is 17.3 Å². The van der Waals surface area contributed by atoms with Crippen LogP contribution in [0.15, 0.2) is 83.8 Å². The van der Waals surface area contributed by atoms with Crippen LogP contribution in [-0.4, -0.2) is 15.0 Å². The van der Waals surface area contributed by atoms with Crippen molar-refractivity contribution in [3.8, 4) is 5.75 Å². The Labute approximate surface area is 158 Å². The SMILES string of the molecule is CCOc1cc(S(=O)(=O)NC(c2ccccc2)c2ccccc2)ccc1F. The second kappa shape index (κ2) is 8.33. The predicted molar refractivity (Wildman–Crippen MR) is 103 cm³/mol. The van der Waals surface area contributed by atoms with Crippen LogP contribution >= 0.6 is 0 Å². The number of hydrogen-bond donors (Lipinski definition) is 1. The Morgan fingerprint density at radius 3 is 2.00 bits per heavy atom. The Bertz CT molecular complexity index is 953. The molecule has 0 atom stereocenters. The summed E-state index contributed by atoms with van der Waals surface area (Å²) in [5, 5.41) is 0. The lowest BCUT2D eigenvalue weighted by Crippen LogP contribution is -2.29. The van der Waals surface area contributed by atoms with E-state index in [0.717, 1.165) is 17.2 Å². The van der Waals surface area contributed by atoms with Gasteiger partial charge in [-0.25, -0.2) is 12.8 Å². The van der Waals surface area contributed by atoms with Crippen molar-refractivity contribution in [1.29, 1.82) is 0 Å². The largest absolute Gasteiger partial charge is 0.491 e. The van der Waals surface area contributed by atoms with E-state index in [2.05, 4.69) is 4.72 Å². The number of hydrogen-bond acceptors (Lipinski definition) is 3. The van der Waals surface area contributed by atoms with Gasteiger partial charge in [0, 0.05) is 6.07 Å². The second-order valence-electron chi connectivity index (χ2n) is 5.90. The fourth-order valence-electron chi connectivity index (χ4n) is 2.76. The Balaban J connectivity index is 1.99. The first-order valence-corrected chi connectivity index (χ1v) is 10.0. The van der Waals surface area contributed by atoms with Crippen LogP contribution in [0.2, 0.25) is 0 Å². The molecule has 0 bridgehead atoms. The standard InChI is InChI=1S/C21H20FNO3S/c1-2-26-20-15-18(13-14-19(20)22)27(24,25)23-21(16-9-5-3-6-10-16)17-11-7-4-8-12-17/h3-15,21,23H,2H2,1H3. The van der Waals surface area contributed by atoms with Crippen LogP contribution < -0.4 is 9.46 Å². The normalized spacial score (nSPS) is 11.5. The van der Waals surface area contributed by atoms with Gasteiger partial charge in [0.15, 0.2) is 11.6 Å². The summed E-state index contributed by atoms with van der Waals surface area (Å²) in [5.41, 5.74) is 1.61. The van der Waals surface area contributed by atoms with Gasteiger partial charge in [0.1, 0.15) is 0 Å². The summed E-state index contributed by atoms with van der Waals surface area (Å²) < 4.78 is 47.6. The topological polar surface area (TPSA) is 55.4 Å². The van der Waals surface area contributed by atoms with E-state index < -0.39 is 21.9 Å². The molecule has 0 fully saturated rings. The highest BCUT2D eigenvalue weighted by Gasteiger charge is 2.24. The van der Waals surface area contributed by atoms with E-state index in [9.17, 15) is 12.8 Å². The molecule has 0 aromatic heterocycles. The summed E-state index contributed by atoms with van der Waals surface area (Å²) in [6.07, 6.45) is 0. The first kappa shape index (κ1) is 19.1. The van der Waals surface area contributed by atoms with Crippen molar-refractivity contribution >= 4 is 10.0 Å². The fourth-order valence-corrected chi connectivity index (χ4v) is 3.99. The van der Waals surface area contributed by atoms with E-state index >= 15 is 0 Å². The van der Waals surface area contributed by atoms with Gasteiger partial charge < -0.3 is 4.74 Å². The lowest BCUT2D eigenvalue weighted by atomic mass is 10.00. The summed E-state index contributed by atoms with van der Waals surface area (Å²) >= 11 is 0. The molecule has 4 nitrogen and oxygen atoms in total. The van der Waals surface area contributed by atoms with E-state index in [1.165, 1.54) is 12.1 Å². The van der Waals surface area contributed by atoms with Crippen molar-refractivity contribution in [3.63, 3.8) is 0 Å². The molecule has 0 heterocycles. The minimum atomic E-state index is -3.91. The van der Waals surface area contributed by atoms with E-state index in [1.807, 2.05) is 60.7 Å². The molecule has 3 aromatic rings. The third-order valence-corrected chi connectivity index (χ3v) is 5.47. The number of nitrogens with one attached hydrogen (secondary N) is 1. The first-order valence-electron chi connectivity index (χ1n) is 8.56. The molecular weight excluding hydrogens is 365 g/mol. The quantitative estimate of drug-likeness (QED) is 0.660. The number of halogens is 1.